The molecule has 0 aliphatic heterocycles. The third kappa shape index (κ3) is 3.14. The number of carbonyl (C=O) groups excluding carboxylic acids is 1. The van der Waals surface area contributed by atoms with Crippen molar-refractivity contribution in [2.75, 3.05) is 0 Å². The minimum absolute atomic E-state index is 0.107. The van der Waals surface area contributed by atoms with Crippen molar-refractivity contribution in [2.24, 2.45) is 0 Å². The zero-order valence-corrected chi connectivity index (χ0v) is 10.3. The van der Waals surface area contributed by atoms with Gasteiger partial charge in [0.1, 0.15) is 0 Å². The molecule has 0 fully saturated rings. The van der Waals surface area contributed by atoms with Crippen LogP contribution >= 0.6 is 11.6 Å². The molecule has 17 heavy (non-hydrogen) atoms. The smallest absolute Gasteiger partial charge is 0.276 e. The molecule has 1 rings (SSSR count). The number of hydrogen-bond donors (Lipinski definition) is 0. The van der Waals surface area contributed by atoms with E-state index in [0.717, 1.165) is 6.42 Å². The molecule has 0 aliphatic carbocycles. The number of nitro benzene ring substituents is 1. The number of nitrogens with zero attached hydrogens (tertiary/aromatic N) is 1. The van der Waals surface area contributed by atoms with Crippen molar-refractivity contribution in [3.8, 4) is 0 Å². The molecule has 1 aromatic carbocycles. The lowest BCUT2D eigenvalue weighted by molar-refractivity contribution is -0.385. The lowest BCUT2D eigenvalue weighted by Crippen LogP contribution is -1.99. The van der Waals surface area contributed by atoms with Gasteiger partial charge in [-0.3, -0.25) is 14.9 Å². The van der Waals surface area contributed by atoms with E-state index in [4.69, 9.17) is 11.6 Å². The predicted molar refractivity (Wildman–Crippen MR) is 67.3 cm³/mol. The summed E-state index contributed by atoms with van der Waals surface area (Å²) in [4.78, 5) is 21.5. The Morgan fingerprint density at radius 2 is 2.18 bits per heavy atom. The second kappa shape index (κ2) is 5.59. The van der Waals surface area contributed by atoms with Crippen molar-refractivity contribution in [1.82, 2.24) is 0 Å². The molecule has 0 atom stereocenters. The van der Waals surface area contributed by atoms with Gasteiger partial charge >= 0.3 is 0 Å². The van der Waals surface area contributed by atoms with Gasteiger partial charge in [0, 0.05) is 11.6 Å². The second-order valence-corrected chi connectivity index (χ2v) is 3.91. The first kappa shape index (κ1) is 13.4. The highest BCUT2D eigenvalue weighted by Crippen LogP contribution is 2.25. The number of allylic oxidation sites excluding steroid dienone is 1. The van der Waals surface area contributed by atoms with E-state index in [1.165, 1.54) is 6.07 Å². The van der Waals surface area contributed by atoms with Gasteiger partial charge in [0.25, 0.3) is 10.9 Å². The minimum atomic E-state index is -0.684. The van der Waals surface area contributed by atoms with Crippen molar-refractivity contribution in [3.63, 3.8) is 0 Å². The molecule has 0 radical (unpaired) electrons. The van der Waals surface area contributed by atoms with Gasteiger partial charge in [-0.05, 0) is 36.6 Å². The molecule has 0 bridgehead atoms. The number of aryl methyl sites for hydroxylation is 1. The van der Waals surface area contributed by atoms with Crippen molar-refractivity contribution < 1.29 is 9.72 Å². The maximum Gasteiger partial charge on any atom is 0.277 e. The Balaban J connectivity index is 3.41. The third-order valence-corrected chi connectivity index (χ3v) is 2.52. The molecule has 0 heterocycles. The van der Waals surface area contributed by atoms with E-state index in [1.807, 2.05) is 13.0 Å². The first-order valence-corrected chi connectivity index (χ1v) is 5.50. The maximum atomic E-state index is 11.1. The fraction of sp³-hybridized carbons (Fsp3) is 0.250. The van der Waals surface area contributed by atoms with Crippen LogP contribution in [0.2, 0.25) is 0 Å². The summed E-state index contributed by atoms with van der Waals surface area (Å²) >= 11 is 5.36. The van der Waals surface area contributed by atoms with Crippen molar-refractivity contribution in [2.45, 2.75) is 20.3 Å². The van der Waals surface area contributed by atoms with Gasteiger partial charge in [0.15, 0.2) is 0 Å². The zero-order chi connectivity index (χ0) is 13.0. The van der Waals surface area contributed by atoms with E-state index in [-0.39, 0.29) is 11.3 Å². The van der Waals surface area contributed by atoms with Gasteiger partial charge < -0.3 is 0 Å². The van der Waals surface area contributed by atoms with Crippen LogP contribution in [0.15, 0.2) is 18.2 Å². The summed E-state index contributed by atoms with van der Waals surface area (Å²) in [6.07, 6.45) is 4.28. The summed E-state index contributed by atoms with van der Waals surface area (Å²) in [6, 6.07) is 2.82. The van der Waals surface area contributed by atoms with Gasteiger partial charge in [-0.1, -0.05) is 19.1 Å². The van der Waals surface area contributed by atoms with Crippen LogP contribution in [0, 0.1) is 17.0 Å². The average molecular weight is 254 g/mol. The van der Waals surface area contributed by atoms with Crippen LogP contribution in [0.5, 0.6) is 0 Å². The highest BCUT2D eigenvalue weighted by molar-refractivity contribution is 6.68. The Morgan fingerprint density at radius 1 is 1.53 bits per heavy atom. The molecular weight excluding hydrogens is 242 g/mol. The molecule has 0 spiro atoms. The van der Waals surface area contributed by atoms with Gasteiger partial charge in [-0.15, -0.1) is 0 Å². The Hall–Kier alpha value is -1.68. The standard InChI is InChI=1S/C12H12ClNO3/c1-3-4-5-9-6-8(2)10(12(13)15)7-11(9)14(16)17/h4-7H,3H2,1-2H3. The molecule has 0 aromatic heterocycles. The van der Waals surface area contributed by atoms with E-state index in [2.05, 4.69) is 0 Å². The normalized spacial score (nSPS) is 10.8. The number of hydrogen-bond acceptors (Lipinski definition) is 3. The molecule has 4 nitrogen and oxygen atoms in total. The number of benzene rings is 1. The number of rotatable bonds is 4. The molecule has 0 saturated heterocycles. The van der Waals surface area contributed by atoms with Crippen LogP contribution < -0.4 is 0 Å². The zero-order valence-electron chi connectivity index (χ0n) is 9.57. The Bertz CT molecular complexity index is 495. The van der Waals surface area contributed by atoms with Crippen molar-refractivity contribution >= 4 is 28.6 Å². The molecule has 0 N–H and O–H groups in total. The monoisotopic (exact) mass is 253 g/mol. The first-order chi connectivity index (χ1) is 7.97. The predicted octanol–water partition coefficient (Wildman–Crippen LogP) is 3.71. The summed E-state index contributed by atoms with van der Waals surface area (Å²) in [5.41, 5.74) is 1.18. The van der Waals surface area contributed by atoms with Gasteiger partial charge in [0.05, 0.1) is 10.5 Å². The van der Waals surface area contributed by atoms with Crippen LogP contribution in [-0.2, 0) is 0 Å². The molecule has 0 unspecified atom stereocenters. The Morgan fingerprint density at radius 3 is 2.65 bits per heavy atom. The molecule has 5 heteroatoms. The summed E-state index contributed by atoms with van der Waals surface area (Å²) in [5, 5.41) is 10.2. The molecule has 90 valence electrons. The lowest BCUT2D eigenvalue weighted by atomic mass is 10.0. The van der Waals surface area contributed by atoms with E-state index < -0.39 is 10.2 Å². The number of carbonyl (C=O) groups is 1. The molecule has 0 aliphatic rings. The summed E-state index contributed by atoms with van der Waals surface area (Å²) in [5.74, 6) is 0. The molecular formula is C12H12ClNO3. The maximum absolute atomic E-state index is 11.1. The number of nitro groups is 1. The van der Waals surface area contributed by atoms with Gasteiger partial charge in [0.2, 0.25) is 0 Å². The minimum Gasteiger partial charge on any atom is -0.276 e. The van der Waals surface area contributed by atoms with Gasteiger partial charge in [-0.2, -0.15) is 0 Å². The topological polar surface area (TPSA) is 60.2 Å². The van der Waals surface area contributed by atoms with E-state index >= 15 is 0 Å². The largest absolute Gasteiger partial charge is 0.277 e. The first-order valence-electron chi connectivity index (χ1n) is 5.12. The third-order valence-electron chi connectivity index (χ3n) is 2.32. The second-order valence-electron chi connectivity index (χ2n) is 3.57. The van der Waals surface area contributed by atoms with Crippen LogP contribution in [0.4, 0.5) is 5.69 Å². The Kier molecular flexibility index (Phi) is 4.40. The summed E-state index contributed by atoms with van der Waals surface area (Å²) < 4.78 is 0. The molecule has 0 amide bonds. The van der Waals surface area contributed by atoms with E-state index in [9.17, 15) is 14.9 Å². The SMILES string of the molecule is CCC=Cc1cc(C)c(C(=O)Cl)cc1[N+](=O)[O-]. The van der Waals surface area contributed by atoms with E-state index in [0.29, 0.717) is 11.1 Å². The average Bonchev–Trinajstić information content (AvgIpc) is 2.25. The van der Waals surface area contributed by atoms with Crippen LogP contribution in [0.25, 0.3) is 6.08 Å². The van der Waals surface area contributed by atoms with Crippen molar-refractivity contribution in [3.05, 3.63) is 45.0 Å². The van der Waals surface area contributed by atoms with Crippen LogP contribution in [0.1, 0.15) is 34.8 Å². The van der Waals surface area contributed by atoms with E-state index in [1.54, 1.807) is 19.1 Å². The highest BCUT2D eigenvalue weighted by Gasteiger charge is 2.17. The Labute approximate surface area is 104 Å². The summed E-state index contributed by atoms with van der Waals surface area (Å²) in [6.45, 7) is 3.63. The fourth-order valence-electron chi connectivity index (χ4n) is 1.47. The number of halogens is 1. The summed E-state index contributed by atoms with van der Waals surface area (Å²) in [7, 11) is 0. The quantitative estimate of drug-likeness (QED) is 0.467. The van der Waals surface area contributed by atoms with Crippen LogP contribution in [0.3, 0.4) is 0 Å². The molecule has 1 aromatic rings. The lowest BCUT2D eigenvalue weighted by Gasteiger charge is -2.04. The van der Waals surface area contributed by atoms with Crippen LogP contribution in [-0.4, -0.2) is 10.2 Å². The highest BCUT2D eigenvalue weighted by atomic mass is 35.5. The fourth-order valence-corrected chi connectivity index (χ4v) is 1.67. The van der Waals surface area contributed by atoms with Gasteiger partial charge in [-0.25, -0.2) is 0 Å². The molecule has 0 saturated carbocycles. The van der Waals surface area contributed by atoms with Crippen molar-refractivity contribution in [1.29, 1.82) is 0 Å².